The number of nitrogens with zero attached hydrogens (tertiary/aromatic N) is 4. The summed E-state index contributed by atoms with van der Waals surface area (Å²) in [6.45, 7) is 3.88. The Bertz CT molecular complexity index is 890. The van der Waals surface area contributed by atoms with Crippen LogP contribution in [0, 0.1) is 0 Å². The van der Waals surface area contributed by atoms with Crippen LogP contribution in [0.2, 0.25) is 5.02 Å². The molecule has 1 aromatic heterocycles. The van der Waals surface area contributed by atoms with Gasteiger partial charge in [-0.15, -0.1) is 0 Å². The number of hydrogen-bond donors (Lipinski definition) is 1. The molecule has 4 rings (SSSR count). The molecule has 1 fully saturated rings. The molecule has 0 saturated carbocycles. The van der Waals surface area contributed by atoms with Crippen LogP contribution >= 0.6 is 11.6 Å². The summed E-state index contributed by atoms with van der Waals surface area (Å²) in [5, 5.41) is 4.10. The molecule has 2 heterocycles. The standard InChI is InChI=1S/C21H22ClN5/c1-26-11-13-27(14-12-26)21-24-19(16-5-3-2-4-6-16)15-20(25-21)23-18-9-7-17(22)8-10-18/h2-10,15H,11-14H2,1H3,(H,23,24,25). The van der Waals surface area contributed by atoms with Gasteiger partial charge >= 0.3 is 0 Å². The van der Waals surface area contributed by atoms with Crippen molar-refractivity contribution >= 4 is 29.1 Å². The van der Waals surface area contributed by atoms with Crippen LogP contribution in [0.1, 0.15) is 0 Å². The molecule has 0 amide bonds. The number of piperazine rings is 1. The Hall–Kier alpha value is -2.63. The summed E-state index contributed by atoms with van der Waals surface area (Å²) in [6.07, 6.45) is 0. The van der Waals surface area contributed by atoms with E-state index in [0.29, 0.717) is 5.02 Å². The fourth-order valence-corrected chi connectivity index (χ4v) is 3.21. The van der Waals surface area contributed by atoms with Gasteiger partial charge in [-0.05, 0) is 31.3 Å². The molecule has 2 aromatic carbocycles. The molecule has 1 saturated heterocycles. The fourth-order valence-electron chi connectivity index (χ4n) is 3.08. The zero-order valence-electron chi connectivity index (χ0n) is 15.3. The van der Waals surface area contributed by atoms with E-state index < -0.39 is 0 Å². The van der Waals surface area contributed by atoms with Crippen molar-refractivity contribution in [1.29, 1.82) is 0 Å². The van der Waals surface area contributed by atoms with Crippen LogP contribution in [-0.4, -0.2) is 48.1 Å². The minimum absolute atomic E-state index is 0.714. The number of benzene rings is 2. The maximum Gasteiger partial charge on any atom is 0.227 e. The largest absolute Gasteiger partial charge is 0.340 e. The lowest BCUT2D eigenvalue weighted by atomic mass is 10.1. The lowest BCUT2D eigenvalue weighted by molar-refractivity contribution is 0.311. The molecule has 138 valence electrons. The van der Waals surface area contributed by atoms with Crippen LogP contribution in [-0.2, 0) is 0 Å². The normalized spacial score (nSPS) is 15.0. The lowest BCUT2D eigenvalue weighted by Gasteiger charge is -2.32. The molecule has 5 nitrogen and oxygen atoms in total. The summed E-state index contributed by atoms with van der Waals surface area (Å²) in [7, 11) is 2.14. The van der Waals surface area contributed by atoms with Gasteiger partial charge in [-0.25, -0.2) is 4.98 Å². The van der Waals surface area contributed by atoms with Crippen LogP contribution in [0.3, 0.4) is 0 Å². The number of halogens is 1. The molecule has 1 aliphatic rings. The first kappa shape index (κ1) is 17.8. The topological polar surface area (TPSA) is 44.3 Å². The minimum Gasteiger partial charge on any atom is -0.340 e. The Morgan fingerprint density at radius 1 is 0.889 bits per heavy atom. The highest BCUT2D eigenvalue weighted by Gasteiger charge is 2.18. The molecule has 1 aliphatic heterocycles. The van der Waals surface area contributed by atoms with Crippen molar-refractivity contribution in [2.24, 2.45) is 0 Å². The van der Waals surface area contributed by atoms with Crippen LogP contribution in [0.25, 0.3) is 11.3 Å². The number of likely N-dealkylation sites (N-methyl/N-ethyl adjacent to an activating group) is 1. The summed E-state index contributed by atoms with van der Waals surface area (Å²) in [4.78, 5) is 14.2. The molecular weight excluding hydrogens is 358 g/mol. The average molecular weight is 380 g/mol. The first-order valence-corrected chi connectivity index (χ1v) is 9.46. The fraction of sp³-hybridized carbons (Fsp3) is 0.238. The number of anilines is 3. The third-order valence-electron chi connectivity index (χ3n) is 4.69. The van der Waals surface area contributed by atoms with E-state index in [1.165, 1.54) is 0 Å². The maximum absolute atomic E-state index is 5.99. The Labute approximate surface area is 164 Å². The van der Waals surface area contributed by atoms with Crippen molar-refractivity contribution in [3.05, 3.63) is 65.7 Å². The van der Waals surface area contributed by atoms with Crippen LogP contribution in [0.15, 0.2) is 60.7 Å². The summed E-state index contributed by atoms with van der Waals surface area (Å²) in [5.41, 5.74) is 2.94. The molecular formula is C21H22ClN5. The average Bonchev–Trinajstić information content (AvgIpc) is 2.71. The van der Waals surface area contributed by atoms with Gasteiger partial charge in [0, 0.05) is 48.5 Å². The van der Waals surface area contributed by atoms with Crippen LogP contribution in [0.4, 0.5) is 17.5 Å². The van der Waals surface area contributed by atoms with Gasteiger partial charge in [-0.3, -0.25) is 0 Å². The number of hydrogen-bond acceptors (Lipinski definition) is 5. The SMILES string of the molecule is CN1CCN(c2nc(Nc3ccc(Cl)cc3)cc(-c3ccccc3)n2)CC1. The Morgan fingerprint density at radius 2 is 1.59 bits per heavy atom. The number of rotatable bonds is 4. The van der Waals surface area contributed by atoms with E-state index in [9.17, 15) is 0 Å². The van der Waals surface area contributed by atoms with Gasteiger partial charge in [-0.2, -0.15) is 4.98 Å². The van der Waals surface area contributed by atoms with Gasteiger partial charge in [-0.1, -0.05) is 41.9 Å². The lowest BCUT2D eigenvalue weighted by Crippen LogP contribution is -2.45. The van der Waals surface area contributed by atoms with E-state index in [2.05, 4.69) is 34.3 Å². The second-order valence-corrected chi connectivity index (χ2v) is 7.16. The number of nitrogens with one attached hydrogen (secondary N) is 1. The highest BCUT2D eigenvalue weighted by atomic mass is 35.5. The summed E-state index contributed by atoms with van der Waals surface area (Å²) in [6, 6.07) is 19.8. The van der Waals surface area contributed by atoms with E-state index in [1.807, 2.05) is 48.5 Å². The molecule has 0 atom stereocenters. The number of aromatic nitrogens is 2. The Morgan fingerprint density at radius 3 is 2.30 bits per heavy atom. The van der Waals surface area contributed by atoms with Crippen LogP contribution in [0.5, 0.6) is 0 Å². The van der Waals surface area contributed by atoms with Gasteiger partial charge in [0.05, 0.1) is 5.69 Å². The second-order valence-electron chi connectivity index (χ2n) is 6.73. The molecule has 0 aliphatic carbocycles. The molecule has 0 spiro atoms. The summed E-state index contributed by atoms with van der Waals surface area (Å²) < 4.78 is 0. The Balaban J connectivity index is 1.69. The highest BCUT2D eigenvalue weighted by molar-refractivity contribution is 6.30. The van der Waals surface area contributed by atoms with Gasteiger partial charge in [0.2, 0.25) is 5.95 Å². The van der Waals surface area contributed by atoms with E-state index in [-0.39, 0.29) is 0 Å². The smallest absolute Gasteiger partial charge is 0.227 e. The van der Waals surface area contributed by atoms with E-state index >= 15 is 0 Å². The van der Waals surface area contributed by atoms with E-state index in [4.69, 9.17) is 21.6 Å². The zero-order chi connectivity index (χ0) is 18.6. The van der Waals surface area contributed by atoms with Gasteiger partial charge in [0.1, 0.15) is 5.82 Å². The van der Waals surface area contributed by atoms with Crippen molar-refractivity contribution in [3.63, 3.8) is 0 Å². The third-order valence-corrected chi connectivity index (χ3v) is 4.94. The van der Waals surface area contributed by atoms with Crippen molar-refractivity contribution in [3.8, 4) is 11.3 Å². The molecule has 0 bridgehead atoms. The highest BCUT2D eigenvalue weighted by Crippen LogP contribution is 2.26. The van der Waals surface area contributed by atoms with Gasteiger partial charge in [0.25, 0.3) is 0 Å². The molecule has 1 N–H and O–H groups in total. The Kier molecular flexibility index (Phi) is 5.23. The molecule has 0 radical (unpaired) electrons. The van der Waals surface area contributed by atoms with Crippen LogP contribution < -0.4 is 10.2 Å². The minimum atomic E-state index is 0.714. The predicted octanol–water partition coefficient (Wildman–Crippen LogP) is 4.29. The molecule has 3 aromatic rings. The third kappa shape index (κ3) is 4.38. The zero-order valence-corrected chi connectivity index (χ0v) is 16.0. The van der Waals surface area contributed by atoms with Gasteiger partial charge < -0.3 is 15.1 Å². The van der Waals surface area contributed by atoms with Crippen molar-refractivity contribution in [1.82, 2.24) is 14.9 Å². The monoisotopic (exact) mass is 379 g/mol. The first-order chi connectivity index (χ1) is 13.2. The predicted molar refractivity (Wildman–Crippen MR) is 112 cm³/mol. The summed E-state index contributed by atoms with van der Waals surface area (Å²) in [5.74, 6) is 1.54. The quantitative estimate of drug-likeness (QED) is 0.732. The second kappa shape index (κ2) is 7.94. The molecule has 0 unspecified atom stereocenters. The molecule has 27 heavy (non-hydrogen) atoms. The van der Waals surface area contributed by atoms with Crippen molar-refractivity contribution < 1.29 is 0 Å². The van der Waals surface area contributed by atoms with Crippen molar-refractivity contribution in [2.75, 3.05) is 43.4 Å². The van der Waals surface area contributed by atoms with E-state index in [1.54, 1.807) is 0 Å². The van der Waals surface area contributed by atoms with E-state index in [0.717, 1.165) is 54.9 Å². The van der Waals surface area contributed by atoms with Crippen molar-refractivity contribution in [2.45, 2.75) is 0 Å². The van der Waals surface area contributed by atoms with Gasteiger partial charge in [0.15, 0.2) is 0 Å². The summed E-state index contributed by atoms with van der Waals surface area (Å²) >= 11 is 5.99. The molecule has 6 heteroatoms. The first-order valence-electron chi connectivity index (χ1n) is 9.08. The maximum atomic E-state index is 5.99.